The van der Waals surface area contributed by atoms with E-state index in [2.05, 4.69) is 39.9 Å². The smallest absolute Gasteiger partial charge is 0.246 e. The summed E-state index contributed by atoms with van der Waals surface area (Å²) in [6.45, 7) is 10.3. The number of likely N-dealkylation sites (N-methyl/N-ethyl adjacent to an activating group) is 1. The van der Waals surface area contributed by atoms with Crippen LogP contribution in [0.15, 0.2) is 24.3 Å². The lowest BCUT2D eigenvalue weighted by molar-refractivity contribution is -0.148. The molecule has 1 saturated heterocycles. The molecule has 3 amide bonds. The number of hydrogen-bond acceptors (Lipinski definition) is 5. The summed E-state index contributed by atoms with van der Waals surface area (Å²) in [6, 6.07) is 6.58. The SMILES string of the molecule is CCCN1CCN(C(=O)[C@@H](NC(=O)[C@H](C)NC)C(C)C)[C@H](C(=O)NC2CCCc3ccccc32)C1. The number of carbonyl (C=O) groups excluding carboxylic acids is 3. The van der Waals surface area contributed by atoms with Gasteiger partial charge in [0.2, 0.25) is 17.7 Å². The van der Waals surface area contributed by atoms with Gasteiger partial charge in [-0.05, 0) is 63.2 Å². The van der Waals surface area contributed by atoms with Crippen LogP contribution in [0.3, 0.4) is 0 Å². The first-order valence-corrected chi connectivity index (χ1v) is 13.1. The molecule has 8 nitrogen and oxygen atoms in total. The Morgan fingerprint density at radius 1 is 1.11 bits per heavy atom. The second-order valence-electron chi connectivity index (χ2n) is 10.2. The monoisotopic (exact) mass is 485 g/mol. The Bertz CT molecular complexity index is 889. The van der Waals surface area contributed by atoms with E-state index in [1.807, 2.05) is 26.0 Å². The van der Waals surface area contributed by atoms with Crippen molar-refractivity contribution in [1.82, 2.24) is 25.8 Å². The lowest BCUT2D eigenvalue weighted by Gasteiger charge is -2.43. The summed E-state index contributed by atoms with van der Waals surface area (Å²) in [4.78, 5) is 44.0. The van der Waals surface area contributed by atoms with Crippen LogP contribution in [0.5, 0.6) is 0 Å². The molecule has 1 aromatic rings. The Labute approximate surface area is 210 Å². The van der Waals surface area contributed by atoms with Crippen LogP contribution in [-0.2, 0) is 20.8 Å². The molecule has 3 N–H and O–H groups in total. The summed E-state index contributed by atoms with van der Waals surface area (Å²) in [5.41, 5.74) is 2.47. The van der Waals surface area contributed by atoms with Crippen LogP contribution < -0.4 is 16.0 Å². The largest absolute Gasteiger partial charge is 0.347 e. The maximum Gasteiger partial charge on any atom is 0.246 e. The van der Waals surface area contributed by atoms with Gasteiger partial charge in [0.1, 0.15) is 12.1 Å². The fraction of sp³-hybridized carbons (Fsp3) is 0.667. The predicted octanol–water partition coefficient (Wildman–Crippen LogP) is 1.85. The van der Waals surface area contributed by atoms with E-state index in [0.29, 0.717) is 13.1 Å². The van der Waals surface area contributed by atoms with Gasteiger partial charge in [-0.15, -0.1) is 0 Å². The molecule has 194 valence electrons. The maximum absolute atomic E-state index is 13.7. The van der Waals surface area contributed by atoms with Gasteiger partial charge in [0, 0.05) is 19.6 Å². The van der Waals surface area contributed by atoms with Gasteiger partial charge in [0.05, 0.1) is 12.1 Å². The quantitative estimate of drug-likeness (QED) is 0.496. The molecule has 0 bridgehead atoms. The molecule has 8 heteroatoms. The van der Waals surface area contributed by atoms with Gasteiger partial charge >= 0.3 is 0 Å². The van der Waals surface area contributed by atoms with Crippen LogP contribution in [0, 0.1) is 5.92 Å². The summed E-state index contributed by atoms with van der Waals surface area (Å²) < 4.78 is 0. The molecular formula is C27H43N5O3. The molecule has 3 rings (SSSR count). The van der Waals surface area contributed by atoms with Gasteiger partial charge in [-0.3, -0.25) is 19.3 Å². The highest BCUT2D eigenvalue weighted by Crippen LogP contribution is 2.30. The molecule has 1 aromatic carbocycles. The minimum atomic E-state index is -0.679. The first kappa shape index (κ1) is 27.1. The van der Waals surface area contributed by atoms with Crippen LogP contribution in [0.4, 0.5) is 0 Å². The van der Waals surface area contributed by atoms with E-state index in [1.54, 1.807) is 18.9 Å². The van der Waals surface area contributed by atoms with Crippen LogP contribution in [0.2, 0.25) is 0 Å². The lowest BCUT2D eigenvalue weighted by atomic mass is 9.87. The Morgan fingerprint density at radius 3 is 2.54 bits per heavy atom. The van der Waals surface area contributed by atoms with E-state index in [0.717, 1.165) is 38.8 Å². The Morgan fingerprint density at radius 2 is 1.86 bits per heavy atom. The summed E-state index contributed by atoms with van der Waals surface area (Å²) in [5, 5.41) is 9.11. The van der Waals surface area contributed by atoms with Crippen LogP contribution >= 0.6 is 0 Å². The van der Waals surface area contributed by atoms with Crippen LogP contribution in [0.25, 0.3) is 0 Å². The van der Waals surface area contributed by atoms with E-state index in [-0.39, 0.29) is 29.7 Å². The van der Waals surface area contributed by atoms with Crippen LogP contribution in [0.1, 0.15) is 64.1 Å². The van der Waals surface area contributed by atoms with Gasteiger partial charge in [-0.25, -0.2) is 0 Å². The van der Waals surface area contributed by atoms with Crippen molar-refractivity contribution < 1.29 is 14.4 Å². The lowest BCUT2D eigenvalue weighted by Crippen LogP contribution is -2.65. The number of nitrogens with zero attached hydrogens (tertiary/aromatic N) is 2. The maximum atomic E-state index is 13.7. The first-order chi connectivity index (χ1) is 16.8. The van der Waals surface area contributed by atoms with Gasteiger partial charge < -0.3 is 20.9 Å². The molecule has 0 saturated carbocycles. The zero-order valence-corrected chi connectivity index (χ0v) is 22.0. The van der Waals surface area contributed by atoms with Gasteiger partial charge in [-0.1, -0.05) is 45.0 Å². The van der Waals surface area contributed by atoms with Crippen molar-refractivity contribution in [3.05, 3.63) is 35.4 Å². The highest BCUT2D eigenvalue weighted by atomic mass is 16.2. The van der Waals surface area contributed by atoms with Crippen molar-refractivity contribution in [3.63, 3.8) is 0 Å². The number of rotatable bonds is 9. The average Bonchev–Trinajstić information content (AvgIpc) is 2.86. The molecular weight excluding hydrogens is 442 g/mol. The molecule has 2 aliphatic rings. The number of carbonyl (C=O) groups is 3. The number of nitrogens with one attached hydrogen (secondary N) is 3. The third-order valence-corrected chi connectivity index (χ3v) is 7.33. The number of aryl methyl sites for hydroxylation is 1. The number of benzene rings is 1. The first-order valence-electron chi connectivity index (χ1n) is 13.1. The minimum Gasteiger partial charge on any atom is -0.347 e. The molecule has 1 aliphatic heterocycles. The van der Waals surface area contributed by atoms with Crippen molar-refractivity contribution in [3.8, 4) is 0 Å². The molecule has 0 aromatic heterocycles. The summed E-state index contributed by atoms with van der Waals surface area (Å²) in [6.07, 6.45) is 3.95. The van der Waals surface area contributed by atoms with Crippen molar-refractivity contribution >= 4 is 17.7 Å². The minimum absolute atomic E-state index is 0.0389. The molecule has 1 fully saturated rings. The Kier molecular flexibility index (Phi) is 9.69. The molecule has 1 aliphatic carbocycles. The van der Waals surface area contributed by atoms with Crippen molar-refractivity contribution in [2.75, 3.05) is 33.2 Å². The van der Waals surface area contributed by atoms with Gasteiger partial charge in [-0.2, -0.15) is 0 Å². The molecule has 35 heavy (non-hydrogen) atoms. The van der Waals surface area contributed by atoms with Gasteiger partial charge in [0.25, 0.3) is 0 Å². The fourth-order valence-electron chi connectivity index (χ4n) is 5.12. The van der Waals surface area contributed by atoms with Crippen molar-refractivity contribution in [2.45, 2.75) is 77.5 Å². The summed E-state index contributed by atoms with van der Waals surface area (Å²) >= 11 is 0. The van der Waals surface area contributed by atoms with Crippen molar-refractivity contribution in [1.29, 1.82) is 0 Å². The molecule has 4 atom stereocenters. The molecule has 1 heterocycles. The van der Waals surface area contributed by atoms with Crippen LogP contribution in [-0.4, -0.2) is 78.9 Å². The Balaban J connectivity index is 1.80. The highest BCUT2D eigenvalue weighted by molar-refractivity contribution is 5.93. The van der Waals surface area contributed by atoms with E-state index in [1.165, 1.54) is 11.1 Å². The van der Waals surface area contributed by atoms with E-state index >= 15 is 0 Å². The third-order valence-electron chi connectivity index (χ3n) is 7.33. The normalized spacial score (nSPS) is 22.3. The number of fused-ring (bicyclic) bond motifs is 1. The van der Waals surface area contributed by atoms with Gasteiger partial charge in [0.15, 0.2) is 0 Å². The Hall–Kier alpha value is -2.45. The standard InChI is InChI=1S/C27H43N5O3/c1-6-14-31-15-16-32(27(35)24(18(2)3)30-25(33)19(4)28-5)23(17-31)26(34)29-22-13-9-11-20-10-7-8-12-21(20)22/h7-8,10,12,18-19,22-24,28H,6,9,11,13-17H2,1-5H3,(H,29,34)(H,30,33)/t19-,22?,23-,24-/m0/s1. The molecule has 0 radical (unpaired) electrons. The predicted molar refractivity (Wildman–Crippen MR) is 138 cm³/mol. The zero-order chi connectivity index (χ0) is 25.5. The number of amides is 3. The van der Waals surface area contributed by atoms with E-state index in [9.17, 15) is 14.4 Å². The summed E-state index contributed by atoms with van der Waals surface area (Å²) in [5.74, 6) is -0.614. The van der Waals surface area contributed by atoms with E-state index in [4.69, 9.17) is 0 Å². The zero-order valence-electron chi connectivity index (χ0n) is 22.0. The molecule has 1 unspecified atom stereocenters. The highest BCUT2D eigenvalue weighted by Gasteiger charge is 2.40. The fourth-order valence-corrected chi connectivity index (χ4v) is 5.12. The number of hydrogen-bond donors (Lipinski definition) is 3. The second kappa shape index (κ2) is 12.5. The topological polar surface area (TPSA) is 93.8 Å². The third kappa shape index (κ3) is 6.61. The van der Waals surface area contributed by atoms with E-state index < -0.39 is 18.1 Å². The summed E-state index contributed by atoms with van der Waals surface area (Å²) in [7, 11) is 1.72. The average molecular weight is 486 g/mol. The number of piperazine rings is 1. The molecule has 0 spiro atoms. The van der Waals surface area contributed by atoms with Crippen molar-refractivity contribution in [2.24, 2.45) is 5.92 Å². The second-order valence-corrected chi connectivity index (χ2v) is 10.2.